The average molecular weight is 312 g/mol. The summed E-state index contributed by atoms with van der Waals surface area (Å²) < 4.78 is 16.4. The zero-order valence-electron chi connectivity index (χ0n) is 14.5. The van der Waals surface area contributed by atoms with E-state index < -0.39 is 23.5 Å². The normalized spacial score (nSPS) is 23.9. The largest absolute Gasteiger partial charge is 0.465 e. The Morgan fingerprint density at radius 3 is 1.86 bits per heavy atom. The van der Waals surface area contributed by atoms with E-state index in [1.54, 1.807) is 13.8 Å². The molecule has 0 saturated carbocycles. The summed E-state index contributed by atoms with van der Waals surface area (Å²) >= 11 is 0. The molecule has 5 nitrogen and oxygen atoms in total. The van der Waals surface area contributed by atoms with E-state index >= 15 is 0 Å². The lowest BCUT2D eigenvalue weighted by Gasteiger charge is -2.32. The molecule has 2 unspecified atom stereocenters. The highest BCUT2D eigenvalue weighted by Gasteiger charge is 2.65. The second kappa shape index (κ2) is 7.27. The van der Waals surface area contributed by atoms with E-state index in [2.05, 4.69) is 6.58 Å². The summed E-state index contributed by atoms with van der Waals surface area (Å²) in [5.74, 6) is -1.21. The first-order valence-corrected chi connectivity index (χ1v) is 7.94. The van der Waals surface area contributed by atoms with Crippen LogP contribution in [-0.2, 0) is 23.8 Å². The fourth-order valence-corrected chi connectivity index (χ4v) is 3.03. The van der Waals surface area contributed by atoms with Crippen molar-refractivity contribution in [3.63, 3.8) is 0 Å². The fourth-order valence-electron chi connectivity index (χ4n) is 3.03. The van der Waals surface area contributed by atoms with Crippen molar-refractivity contribution in [1.82, 2.24) is 0 Å². The molecule has 2 atom stereocenters. The highest BCUT2D eigenvalue weighted by atomic mass is 16.6. The Balaban J connectivity index is 3.44. The first-order valence-electron chi connectivity index (χ1n) is 7.94. The standard InChI is InChI=1S/C17H28O5/c1-8-20-15(18)17(16(19)21-9-2)12(7)13(10(3)4)22-14(17)11(5)6/h10-11,13-14H,7-9H2,1-6H3. The maximum absolute atomic E-state index is 12.7. The summed E-state index contributed by atoms with van der Waals surface area (Å²) in [5, 5.41) is 0. The van der Waals surface area contributed by atoms with Gasteiger partial charge in [-0.25, -0.2) is 0 Å². The van der Waals surface area contributed by atoms with E-state index in [1.807, 2.05) is 27.7 Å². The molecule has 1 saturated heterocycles. The number of carbonyl (C=O) groups excluding carboxylic acids is 2. The predicted octanol–water partition coefficient (Wildman–Crippen LogP) is 2.73. The molecule has 0 aromatic rings. The summed E-state index contributed by atoms with van der Waals surface area (Å²) in [5.41, 5.74) is -1.13. The van der Waals surface area contributed by atoms with Crippen molar-refractivity contribution < 1.29 is 23.8 Å². The van der Waals surface area contributed by atoms with E-state index in [0.717, 1.165) is 0 Å². The minimum absolute atomic E-state index is 0.0608. The van der Waals surface area contributed by atoms with Crippen molar-refractivity contribution in [2.24, 2.45) is 17.3 Å². The summed E-state index contributed by atoms with van der Waals surface area (Å²) in [4.78, 5) is 25.4. The summed E-state index contributed by atoms with van der Waals surface area (Å²) in [6.45, 7) is 15.6. The van der Waals surface area contributed by atoms with Crippen LogP contribution in [0.4, 0.5) is 0 Å². The van der Waals surface area contributed by atoms with Gasteiger partial charge in [-0.05, 0) is 31.3 Å². The molecule has 0 spiro atoms. The molecular formula is C17H28O5. The fraction of sp³-hybridized carbons (Fsp3) is 0.765. The Labute approximate surface area is 133 Å². The molecule has 1 aliphatic heterocycles. The maximum Gasteiger partial charge on any atom is 0.330 e. The molecule has 5 heteroatoms. The summed E-state index contributed by atoms with van der Waals surface area (Å²) in [7, 11) is 0. The van der Waals surface area contributed by atoms with Gasteiger partial charge in [0.25, 0.3) is 0 Å². The van der Waals surface area contributed by atoms with Crippen LogP contribution in [0.15, 0.2) is 12.2 Å². The molecular weight excluding hydrogens is 284 g/mol. The number of esters is 2. The van der Waals surface area contributed by atoms with Gasteiger partial charge in [-0.2, -0.15) is 0 Å². The van der Waals surface area contributed by atoms with Crippen LogP contribution in [0, 0.1) is 17.3 Å². The SMILES string of the molecule is C=C1C(C(C)C)OC(C(C)C)C1(C(=O)OCC)C(=O)OCC. The van der Waals surface area contributed by atoms with E-state index in [4.69, 9.17) is 14.2 Å². The van der Waals surface area contributed by atoms with Crippen molar-refractivity contribution in [1.29, 1.82) is 0 Å². The quantitative estimate of drug-likeness (QED) is 0.429. The van der Waals surface area contributed by atoms with Crippen molar-refractivity contribution >= 4 is 11.9 Å². The van der Waals surface area contributed by atoms with Gasteiger partial charge >= 0.3 is 11.9 Å². The molecule has 0 aromatic carbocycles. The van der Waals surface area contributed by atoms with Crippen molar-refractivity contribution in [3.8, 4) is 0 Å². The lowest BCUT2D eigenvalue weighted by atomic mass is 9.71. The van der Waals surface area contributed by atoms with Gasteiger partial charge in [0, 0.05) is 0 Å². The smallest absolute Gasteiger partial charge is 0.330 e. The Morgan fingerprint density at radius 1 is 1.09 bits per heavy atom. The summed E-state index contributed by atoms with van der Waals surface area (Å²) in [6, 6.07) is 0. The monoisotopic (exact) mass is 312 g/mol. The zero-order valence-corrected chi connectivity index (χ0v) is 14.5. The molecule has 0 radical (unpaired) electrons. The molecule has 0 bridgehead atoms. The molecule has 126 valence electrons. The number of hydrogen-bond acceptors (Lipinski definition) is 5. The topological polar surface area (TPSA) is 61.8 Å². The molecule has 1 aliphatic rings. The van der Waals surface area contributed by atoms with Crippen LogP contribution in [0.3, 0.4) is 0 Å². The number of rotatable bonds is 6. The van der Waals surface area contributed by atoms with Crippen LogP contribution in [0.25, 0.3) is 0 Å². The van der Waals surface area contributed by atoms with Gasteiger partial charge in [0.1, 0.15) is 0 Å². The molecule has 0 N–H and O–H groups in total. The van der Waals surface area contributed by atoms with Crippen LogP contribution < -0.4 is 0 Å². The van der Waals surface area contributed by atoms with Crippen LogP contribution in [0.1, 0.15) is 41.5 Å². The number of ether oxygens (including phenoxy) is 3. The van der Waals surface area contributed by atoms with Crippen LogP contribution in [0.2, 0.25) is 0 Å². The third-order valence-electron chi connectivity index (χ3n) is 3.98. The lowest BCUT2D eigenvalue weighted by Crippen LogP contribution is -2.51. The first kappa shape index (κ1) is 18.7. The first-order chi connectivity index (χ1) is 10.2. The molecule has 0 aliphatic carbocycles. The van der Waals surface area contributed by atoms with Crippen LogP contribution >= 0.6 is 0 Å². The van der Waals surface area contributed by atoms with E-state index in [9.17, 15) is 9.59 Å². The van der Waals surface area contributed by atoms with Crippen molar-refractivity contribution in [3.05, 3.63) is 12.2 Å². The Hall–Kier alpha value is -1.36. The van der Waals surface area contributed by atoms with Crippen LogP contribution in [-0.4, -0.2) is 37.4 Å². The summed E-state index contributed by atoms with van der Waals surface area (Å²) in [6.07, 6.45) is -1.01. The second-order valence-corrected chi connectivity index (χ2v) is 6.24. The van der Waals surface area contributed by atoms with E-state index in [-0.39, 0.29) is 31.2 Å². The van der Waals surface area contributed by atoms with E-state index in [1.165, 1.54) is 0 Å². The number of hydrogen-bond donors (Lipinski definition) is 0. The van der Waals surface area contributed by atoms with Gasteiger partial charge in [-0.15, -0.1) is 0 Å². The maximum atomic E-state index is 12.7. The highest BCUT2D eigenvalue weighted by Crippen LogP contribution is 2.49. The van der Waals surface area contributed by atoms with Gasteiger partial charge in [0.05, 0.1) is 25.4 Å². The zero-order chi connectivity index (χ0) is 17.1. The molecule has 0 aromatic heterocycles. The molecule has 1 fully saturated rings. The van der Waals surface area contributed by atoms with E-state index in [0.29, 0.717) is 5.57 Å². The Kier molecular flexibility index (Phi) is 6.17. The van der Waals surface area contributed by atoms with Gasteiger partial charge in [-0.3, -0.25) is 9.59 Å². The van der Waals surface area contributed by atoms with Gasteiger partial charge < -0.3 is 14.2 Å². The Bertz CT molecular complexity index is 420. The van der Waals surface area contributed by atoms with Gasteiger partial charge in [-0.1, -0.05) is 34.3 Å². The third kappa shape index (κ3) is 2.91. The molecule has 1 rings (SSSR count). The minimum atomic E-state index is -1.57. The molecule has 22 heavy (non-hydrogen) atoms. The second-order valence-electron chi connectivity index (χ2n) is 6.24. The van der Waals surface area contributed by atoms with Crippen LogP contribution in [0.5, 0.6) is 0 Å². The average Bonchev–Trinajstić information content (AvgIpc) is 2.74. The van der Waals surface area contributed by atoms with Crippen molar-refractivity contribution in [2.75, 3.05) is 13.2 Å². The molecule has 0 amide bonds. The Morgan fingerprint density at radius 2 is 1.55 bits per heavy atom. The number of carbonyl (C=O) groups is 2. The lowest BCUT2D eigenvalue weighted by molar-refractivity contribution is -0.176. The van der Waals surface area contributed by atoms with Gasteiger partial charge in [0.2, 0.25) is 5.41 Å². The highest BCUT2D eigenvalue weighted by molar-refractivity contribution is 6.05. The minimum Gasteiger partial charge on any atom is -0.465 e. The third-order valence-corrected chi connectivity index (χ3v) is 3.98. The van der Waals surface area contributed by atoms with Crippen molar-refractivity contribution in [2.45, 2.75) is 53.8 Å². The molecule has 1 heterocycles. The van der Waals surface area contributed by atoms with Gasteiger partial charge in [0.15, 0.2) is 0 Å². The predicted molar refractivity (Wildman–Crippen MR) is 83.2 cm³/mol.